The monoisotopic (exact) mass is 287 g/mol. The summed E-state index contributed by atoms with van der Waals surface area (Å²) in [7, 11) is 0. The molecule has 0 heterocycles. The fourth-order valence-electron chi connectivity index (χ4n) is 1.49. The second-order valence-electron chi connectivity index (χ2n) is 5.24. The van der Waals surface area contributed by atoms with E-state index in [1.54, 1.807) is 6.08 Å². The smallest absolute Gasteiger partial charge is 0.136 e. The fraction of sp³-hybridized carbons (Fsp3) is 0.429. The summed E-state index contributed by atoms with van der Waals surface area (Å²) < 4.78 is 41.4. The van der Waals surface area contributed by atoms with E-state index in [1.165, 1.54) is 0 Å². The Bertz CT molecular complexity index is 446. The minimum atomic E-state index is -1.37. The van der Waals surface area contributed by atoms with Gasteiger partial charge in [0.1, 0.15) is 16.4 Å². The van der Waals surface area contributed by atoms with E-state index in [9.17, 15) is 13.3 Å². The maximum absolute atomic E-state index is 13.8. The molecule has 0 radical (unpaired) electrons. The van der Waals surface area contributed by atoms with Crippen LogP contribution in [-0.4, -0.2) is 9.30 Å². The zero-order chi connectivity index (χ0) is 14.6. The lowest BCUT2D eigenvalue weighted by Gasteiger charge is -2.27. The topological polar surface area (TPSA) is 35.1 Å². The highest BCUT2D eigenvalue weighted by Gasteiger charge is 2.30. The van der Waals surface area contributed by atoms with Crippen molar-refractivity contribution in [3.63, 3.8) is 0 Å². The Morgan fingerprint density at radius 3 is 2.58 bits per heavy atom. The zero-order valence-electron chi connectivity index (χ0n) is 11.4. The predicted molar refractivity (Wildman–Crippen MR) is 74.9 cm³/mol. The minimum Gasteiger partial charge on any atom is -0.598 e. The SMILES string of the molecule is C=CCC(N[S@+]([O-])C(C)(C)C)c1cc(F)ccc1F. The molecule has 0 saturated heterocycles. The molecule has 0 fully saturated rings. The zero-order valence-corrected chi connectivity index (χ0v) is 12.2. The van der Waals surface area contributed by atoms with E-state index >= 15 is 0 Å². The van der Waals surface area contributed by atoms with Crippen LogP contribution in [0.5, 0.6) is 0 Å². The first-order valence-corrected chi connectivity index (χ1v) is 7.14. The largest absolute Gasteiger partial charge is 0.598 e. The van der Waals surface area contributed by atoms with E-state index in [2.05, 4.69) is 11.3 Å². The molecule has 1 N–H and O–H groups in total. The van der Waals surface area contributed by atoms with Gasteiger partial charge < -0.3 is 4.55 Å². The van der Waals surface area contributed by atoms with E-state index in [0.29, 0.717) is 6.42 Å². The molecular formula is C14H19F2NOS. The number of rotatable bonds is 5. The van der Waals surface area contributed by atoms with Gasteiger partial charge in [0, 0.05) is 16.9 Å². The number of halogens is 2. The summed E-state index contributed by atoms with van der Waals surface area (Å²) in [5.41, 5.74) is 0.164. The molecule has 1 aromatic rings. The van der Waals surface area contributed by atoms with Crippen molar-refractivity contribution < 1.29 is 13.3 Å². The van der Waals surface area contributed by atoms with Crippen molar-refractivity contribution >= 4 is 11.4 Å². The molecule has 0 aliphatic rings. The number of hydrogen-bond donors (Lipinski definition) is 1. The molecule has 0 aliphatic carbocycles. The van der Waals surface area contributed by atoms with Gasteiger partial charge in [0.2, 0.25) is 0 Å². The van der Waals surface area contributed by atoms with Gasteiger partial charge in [0.05, 0.1) is 6.04 Å². The Hall–Kier alpha value is -0.910. The van der Waals surface area contributed by atoms with Crippen molar-refractivity contribution in [2.24, 2.45) is 0 Å². The first-order chi connectivity index (χ1) is 8.75. The Labute approximate surface area is 116 Å². The second kappa shape index (κ2) is 6.50. The lowest BCUT2D eigenvalue weighted by atomic mass is 10.0. The average molecular weight is 287 g/mol. The molecule has 1 rings (SSSR count). The Kier molecular flexibility index (Phi) is 5.52. The molecule has 106 valence electrons. The molecule has 0 amide bonds. The average Bonchev–Trinajstić information content (AvgIpc) is 2.30. The first-order valence-electron chi connectivity index (χ1n) is 5.99. The van der Waals surface area contributed by atoms with Gasteiger partial charge in [0.15, 0.2) is 0 Å². The van der Waals surface area contributed by atoms with Gasteiger partial charge in [-0.3, -0.25) is 0 Å². The van der Waals surface area contributed by atoms with E-state index in [0.717, 1.165) is 18.2 Å². The summed E-state index contributed by atoms with van der Waals surface area (Å²) in [5, 5.41) is 0. The number of nitrogens with one attached hydrogen (secondary N) is 1. The molecule has 0 bridgehead atoms. The minimum absolute atomic E-state index is 0.164. The first kappa shape index (κ1) is 16.1. The summed E-state index contributed by atoms with van der Waals surface area (Å²) in [4.78, 5) is 0. The summed E-state index contributed by atoms with van der Waals surface area (Å²) in [6.45, 7) is 9.02. The van der Waals surface area contributed by atoms with Crippen LogP contribution >= 0.6 is 0 Å². The molecule has 0 aromatic heterocycles. The predicted octanol–water partition coefficient (Wildman–Crippen LogP) is 3.63. The molecule has 0 saturated carbocycles. The maximum atomic E-state index is 13.8. The highest BCUT2D eigenvalue weighted by molar-refractivity contribution is 7.90. The van der Waals surface area contributed by atoms with Gasteiger partial charge in [-0.15, -0.1) is 11.3 Å². The lowest BCUT2D eigenvalue weighted by molar-refractivity contribution is 0.508. The van der Waals surface area contributed by atoms with Crippen molar-refractivity contribution in [2.75, 3.05) is 0 Å². The number of hydrogen-bond acceptors (Lipinski definition) is 2. The quantitative estimate of drug-likeness (QED) is 0.663. The summed E-state index contributed by atoms with van der Waals surface area (Å²) in [5.74, 6) is -1.04. The van der Waals surface area contributed by atoms with Crippen LogP contribution < -0.4 is 4.72 Å². The van der Waals surface area contributed by atoms with Crippen LogP contribution in [0.4, 0.5) is 8.78 Å². The fourth-order valence-corrected chi connectivity index (χ4v) is 2.33. The normalized spacial score (nSPS) is 15.1. The van der Waals surface area contributed by atoms with E-state index < -0.39 is 33.8 Å². The van der Waals surface area contributed by atoms with Gasteiger partial charge in [-0.25, -0.2) is 8.78 Å². The molecular weight excluding hydrogens is 268 g/mol. The summed E-state index contributed by atoms with van der Waals surface area (Å²) in [6, 6.07) is 2.69. The molecule has 1 aromatic carbocycles. The Balaban J connectivity index is 3.00. The van der Waals surface area contributed by atoms with E-state index in [-0.39, 0.29) is 5.56 Å². The highest BCUT2D eigenvalue weighted by Crippen LogP contribution is 2.25. The van der Waals surface area contributed by atoms with Crippen LogP contribution in [0.2, 0.25) is 0 Å². The van der Waals surface area contributed by atoms with Crippen LogP contribution in [0.3, 0.4) is 0 Å². The van der Waals surface area contributed by atoms with Crippen LogP contribution in [0.15, 0.2) is 30.9 Å². The van der Waals surface area contributed by atoms with Gasteiger partial charge in [-0.05, 0) is 45.4 Å². The van der Waals surface area contributed by atoms with Crippen LogP contribution in [-0.2, 0) is 11.4 Å². The molecule has 2 nitrogen and oxygen atoms in total. The van der Waals surface area contributed by atoms with Gasteiger partial charge >= 0.3 is 0 Å². The Morgan fingerprint density at radius 2 is 2.05 bits per heavy atom. The van der Waals surface area contributed by atoms with E-state index in [4.69, 9.17) is 0 Å². The lowest BCUT2D eigenvalue weighted by Crippen LogP contribution is -2.41. The van der Waals surface area contributed by atoms with E-state index in [1.807, 2.05) is 20.8 Å². The van der Waals surface area contributed by atoms with Gasteiger partial charge in [-0.1, -0.05) is 6.08 Å². The number of benzene rings is 1. The molecule has 1 unspecified atom stereocenters. The molecule has 5 heteroatoms. The standard InChI is InChI=1S/C14H19F2NOS/c1-5-6-13(17-19(18)14(2,3)4)11-9-10(15)7-8-12(11)16/h5,7-9,13,17H,1,6H2,2-4H3/t13?,19-/m1/s1. The third-order valence-corrected chi connectivity index (χ3v) is 4.15. The molecule has 0 spiro atoms. The van der Waals surface area contributed by atoms with Gasteiger partial charge in [-0.2, -0.15) is 0 Å². The van der Waals surface area contributed by atoms with Crippen molar-refractivity contribution in [3.05, 3.63) is 48.1 Å². The second-order valence-corrected chi connectivity index (χ2v) is 7.24. The molecule has 0 aliphatic heterocycles. The van der Waals surface area contributed by atoms with Crippen LogP contribution in [0, 0.1) is 11.6 Å². The van der Waals surface area contributed by atoms with Crippen molar-refractivity contribution in [2.45, 2.75) is 38.0 Å². The van der Waals surface area contributed by atoms with Crippen molar-refractivity contribution in [1.29, 1.82) is 0 Å². The van der Waals surface area contributed by atoms with Crippen LogP contribution in [0.25, 0.3) is 0 Å². The van der Waals surface area contributed by atoms with Crippen molar-refractivity contribution in [3.8, 4) is 0 Å². The summed E-state index contributed by atoms with van der Waals surface area (Å²) in [6.07, 6.45) is 1.95. The van der Waals surface area contributed by atoms with Crippen molar-refractivity contribution in [1.82, 2.24) is 4.72 Å². The van der Waals surface area contributed by atoms with Crippen LogP contribution in [0.1, 0.15) is 38.8 Å². The Morgan fingerprint density at radius 1 is 1.42 bits per heavy atom. The third-order valence-electron chi connectivity index (χ3n) is 2.54. The highest BCUT2D eigenvalue weighted by atomic mass is 32.2. The molecule has 19 heavy (non-hydrogen) atoms. The third kappa shape index (κ3) is 4.60. The van der Waals surface area contributed by atoms with Gasteiger partial charge in [0.25, 0.3) is 0 Å². The summed E-state index contributed by atoms with van der Waals surface area (Å²) >= 11 is -1.37. The maximum Gasteiger partial charge on any atom is 0.136 e. The molecule has 2 atom stereocenters.